The Morgan fingerprint density at radius 2 is 1.97 bits per heavy atom. The second kappa shape index (κ2) is 9.23. The lowest BCUT2D eigenvalue weighted by molar-refractivity contribution is 0.0690. The van der Waals surface area contributed by atoms with Gasteiger partial charge in [-0.25, -0.2) is 19.0 Å². The summed E-state index contributed by atoms with van der Waals surface area (Å²) in [5.41, 5.74) is 1.73. The van der Waals surface area contributed by atoms with E-state index in [9.17, 15) is 14.0 Å². The molecule has 0 radical (unpaired) electrons. The van der Waals surface area contributed by atoms with Crippen LogP contribution in [0.3, 0.4) is 0 Å². The van der Waals surface area contributed by atoms with E-state index in [1.165, 1.54) is 30.5 Å². The Hall–Kier alpha value is -3.65. The van der Waals surface area contributed by atoms with Gasteiger partial charge in [0.15, 0.2) is 17.3 Å². The molecule has 3 N–H and O–H groups in total. The second-order valence-electron chi connectivity index (χ2n) is 6.32. The summed E-state index contributed by atoms with van der Waals surface area (Å²) in [6.45, 7) is 1.94. The molecule has 0 fully saturated rings. The number of carbonyl (C=O) groups is 2. The Labute approximate surface area is 176 Å². The number of benzene rings is 2. The largest absolute Gasteiger partial charge is 0.477 e. The van der Waals surface area contributed by atoms with E-state index in [2.05, 4.69) is 15.6 Å². The molecule has 7 nitrogen and oxygen atoms in total. The maximum absolute atomic E-state index is 14.3. The number of pyridine rings is 1. The Kier molecular flexibility index (Phi) is 6.48. The lowest BCUT2D eigenvalue weighted by atomic mass is 10.2. The molecule has 0 saturated heterocycles. The average molecular weight is 430 g/mol. The van der Waals surface area contributed by atoms with Crippen molar-refractivity contribution < 1.29 is 23.8 Å². The van der Waals surface area contributed by atoms with Crippen LogP contribution in [0.2, 0.25) is 5.02 Å². The summed E-state index contributed by atoms with van der Waals surface area (Å²) in [5.74, 6) is -1.81. The van der Waals surface area contributed by atoms with E-state index >= 15 is 0 Å². The van der Waals surface area contributed by atoms with E-state index < -0.39 is 17.8 Å². The summed E-state index contributed by atoms with van der Waals surface area (Å²) in [5, 5.41) is 14.8. The molecule has 0 spiro atoms. The third kappa shape index (κ3) is 5.45. The van der Waals surface area contributed by atoms with Gasteiger partial charge in [-0.15, -0.1) is 0 Å². The van der Waals surface area contributed by atoms with Crippen molar-refractivity contribution in [3.8, 4) is 11.5 Å². The molecular weight excluding hydrogens is 413 g/mol. The number of aromatic nitrogens is 1. The van der Waals surface area contributed by atoms with Crippen LogP contribution >= 0.6 is 11.6 Å². The van der Waals surface area contributed by atoms with Gasteiger partial charge in [0.05, 0.1) is 0 Å². The minimum absolute atomic E-state index is 0.0833. The van der Waals surface area contributed by atoms with E-state index in [1.54, 1.807) is 24.3 Å². The minimum Gasteiger partial charge on any atom is -0.477 e. The van der Waals surface area contributed by atoms with Crippen molar-refractivity contribution >= 4 is 29.3 Å². The van der Waals surface area contributed by atoms with Crippen LogP contribution in [-0.2, 0) is 6.54 Å². The molecule has 0 bridgehead atoms. The predicted molar refractivity (Wildman–Crippen MR) is 110 cm³/mol. The SMILES string of the molecule is Cc1ccc(NC(=O)NCc2ccc(Oc3ccnc(C(=O)O)c3)c(F)c2)cc1Cl. The summed E-state index contributed by atoms with van der Waals surface area (Å²) in [4.78, 5) is 26.6. The fourth-order valence-electron chi connectivity index (χ4n) is 2.48. The van der Waals surface area contributed by atoms with Gasteiger partial charge in [0.1, 0.15) is 5.75 Å². The normalized spacial score (nSPS) is 10.4. The number of ether oxygens (including phenoxy) is 1. The molecule has 30 heavy (non-hydrogen) atoms. The van der Waals surface area contributed by atoms with Crippen molar-refractivity contribution in [3.05, 3.63) is 82.4 Å². The van der Waals surface area contributed by atoms with Crippen LogP contribution in [0.25, 0.3) is 0 Å². The van der Waals surface area contributed by atoms with Crippen molar-refractivity contribution in [2.75, 3.05) is 5.32 Å². The van der Waals surface area contributed by atoms with Gasteiger partial charge in [0, 0.05) is 29.5 Å². The fraction of sp³-hybridized carbons (Fsp3) is 0.0952. The molecule has 2 amide bonds. The van der Waals surface area contributed by atoms with Crippen LogP contribution in [0.1, 0.15) is 21.6 Å². The molecule has 0 aliphatic rings. The molecule has 2 aromatic carbocycles. The molecule has 0 atom stereocenters. The molecule has 9 heteroatoms. The molecule has 1 heterocycles. The number of amides is 2. The summed E-state index contributed by atoms with van der Waals surface area (Å²) in [7, 11) is 0. The van der Waals surface area contributed by atoms with E-state index in [1.807, 2.05) is 6.92 Å². The number of hydrogen-bond acceptors (Lipinski definition) is 4. The predicted octanol–water partition coefficient (Wildman–Crippen LogP) is 4.99. The van der Waals surface area contributed by atoms with Gasteiger partial charge in [0.25, 0.3) is 0 Å². The van der Waals surface area contributed by atoms with E-state index in [0.717, 1.165) is 5.56 Å². The zero-order chi connectivity index (χ0) is 21.7. The number of carboxylic acid groups (broad SMARTS) is 1. The molecule has 1 aromatic heterocycles. The van der Waals surface area contributed by atoms with Gasteiger partial charge in [-0.1, -0.05) is 23.7 Å². The van der Waals surface area contributed by atoms with E-state index in [0.29, 0.717) is 16.3 Å². The zero-order valence-electron chi connectivity index (χ0n) is 15.8. The van der Waals surface area contributed by atoms with Gasteiger partial charge in [-0.05, 0) is 48.4 Å². The lowest BCUT2D eigenvalue weighted by Gasteiger charge is -2.11. The molecule has 0 saturated carbocycles. The Balaban J connectivity index is 1.59. The van der Waals surface area contributed by atoms with Crippen LogP contribution in [0.5, 0.6) is 11.5 Å². The number of halogens is 2. The summed E-state index contributed by atoms with van der Waals surface area (Å²) >= 11 is 6.03. The van der Waals surface area contributed by atoms with Crippen LogP contribution in [0.15, 0.2) is 54.7 Å². The number of carbonyl (C=O) groups excluding carboxylic acids is 1. The van der Waals surface area contributed by atoms with Gasteiger partial charge < -0.3 is 20.5 Å². The van der Waals surface area contributed by atoms with Gasteiger partial charge in [0.2, 0.25) is 0 Å². The van der Waals surface area contributed by atoms with E-state index in [4.69, 9.17) is 21.4 Å². The number of aryl methyl sites for hydroxylation is 1. The molecule has 0 aliphatic carbocycles. The molecule has 0 unspecified atom stereocenters. The first-order valence-electron chi connectivity index (χ1n) is 8.78. The highest BCUT2D eigenvalue weighted by molar-refractivity contribution is 6.31. The third-order valence-electron chi connectivity index (χ3n) is 4.06. The first-order chi connectivity index (χ1) is 14.3. The van der Waals surface area contributed by atoms with E-state index in [-0.39, 0.29) is 23.7 Å². The monoisotopic (exact) mass is 429 g/mol. The van der Waals surface area contributed by atoms with Crippen LogP contribution in [-0.4, -0.2) is 22.1 Å². The first-order valence-corrected chi connectivity index (χ1v) is 9.16. The third-order valence-corrected chi connectivity index (χ3v) is 4.46. The standard InChI is InChI=1S/C21H17ClFN3O4/c1-12-2-4-14(9-16(12)22)26-21(29)25-11-13-3-5-19(17(23)8-13)30-15-6-7-24-18(10-15)20(27)28/h2-10H,11H2,1H3,(H,27,28)(H2,25,26,29). The fourth-order valence-corrected chi connectivity index (χ4v) is 2.66. The summed E-state index contributed by atoms with van der Waals surface area (Å²) in [6, 6.07) is 11.5. The first kappa shape index (κ1) is 21.1. The molecule has 3 rings (SSSR count). The maximum atomic E-state index is 14.3. The Morgan fingerprint density at radius 3 is 2.67 bits per heavy atom. The van der Waals surface area contributed by atoms with Crippen LogP contribution < -0.4 is 15.4 Å². The molecule has 0 aliphatic heterocycles. The van der Waals surface area contributed by atoms with Gasteiger partial charge in [-0.3, -0.25) is 0 Å². The highest BCUT2D eigenvalue weighted by Crippen LogP contribution is 2.25. The number of nitrogens with one attached hydrogen (secondary N) is 2. The van der Waals surface area contributed by atoms with Crippen LogP contribution in [0, 0.1) is 12.7 Å². The number of aromatic carboxylic acids is 1. The number of carboxylic acids is 1. The number of nitrogens with zero attached hydrogens (tertiary/aromatic N) is 1. The van der Waals surface area contributed by atoms with Crippen molar-refractivity contribution in [3.63, 3.8) is 0 Å². The lowest BCUT2D eigenvalue weighted by Crippen LogP contribution is -2.28. The highest BCUT2D eigenvalue weighted by atomic mass is 35.5. The Morgan fingerprint density at radius 1 is 1.17 bits per heavy atom. The van der Waals surface area contributed by atoms with Crippen molar-refractivity contribution in [2.24, 2.45) is 0 Å². The zero-order valence-corrected chi connectivity index (χ0v) is 16.5. The molecule has 3 aromatic rings. The van der Waals surface area contributed by atoms with Crippen molar-refractivity contribution in [1.82, 2.24) is 10.3 Å². The second-order valence-corrected chi connectivity index (χ2v) is 6.73. The number of rotatable bonds is 6. The molecule has 154 valence electrons. The molecular formula is C21H17ClFN3O4. The summed E-state index contributed by atoms with van der Waals surface area (Å²) in [6.07, 6.45) is 1.26. The smallest absolute Gasteiger partial charge is 0.354 e. The number of anilines is 1. The van der Waals surface area contributed by atoms with Crippen LogP contribution in [0.4, 0.5) is 14.9 Å². The summed E-state index contributed by atoms with van der Waals surface area (Å²) < 4.78 is 19.7. The number of urea groups is 1. The highest BCUT2D eigenvalue weighted by Gasteiger charge is 2.10. The van der Waals surface area contributed by atoms with Crippen molar-refractivity contribution in [2.45, 2.75) is 13.5 Å². The Bertz CT molecular complexity index is 1110. The maximum Gasteiger partial charge on any atom is 0.354 e. The number of hydrogen-bond donors (Lipinski definition) is 3. The van der Waals surface area contributed by atoms with Crippen molar-refractivity contribution in [1.29, 1.82) is 0 Å². The van der Waals surface area contributed by atoms with Gasteiger partial charge in [-0.2, -0.15) is 0 Å². The van der Waals surface area contributed by atoms with Gasteiger partial charge >= 0.3 is 12.0 Å². The quantitative estimate of drug-likeness (QED) is 0.512. The average Bonchev–Trinajstić information content (AvgIpc) is 2.71. The minimum atomic E-state index is -1.21. The topological polar surface area (TPSA) is 101 Å².